The molecule has 15 heavy (non-hydrogen) atoms. The summed E-state index contributed by atoms with van der Waals surface area (Å²) < 4.78 is 0. The molecule has 1 nitrogen and oxygen atoms in total. The van der Waals surface area contributed by atoms with Crippen LogP contribution in [0.5, 0.6) is 0 Å². The van der Waals surface area contributed by atoms with Gasteiger partial charge in [0.1, 0.15) is 0 Å². The van der Waals surface area contributed by atoms with E-state index in [-0.39, 0.29) is 35.0 Å². The molecule has 0 atom stereocenters. The van der Waals surface area contributed by atoms with Gasteiger partial charge in [-0.2, -0.15) is 0 Å². The maximum Gasteiger partial charge on any atom is 0.0693 e. The Morgan fingerprint density at radius 1 is 0.467 bits per heavy atom. The SMILES string of the molecule is Cl.ClC1C(Cl)C(Cl)C(Cl)C(Cl)C1Cl.O.[Fe]. The molecular weight excluding hydrogens is 392 g/mol. The Morgan fingerprint density at radius 2 is 0.533 bits per heavy atom. The van der Waals surface area contributed by atoms with Gasteiger partial charge in [0.05, 0.1) is 32.3 Å². The van der Waals surface area contributed by atoms with E-state index in [2.05, 4.69) is 0 Å². The minimum absolute atomic E-state index is 0. The van der Waals surface area contributed by atoms with Gasteiger partial charge in [0.25, 0.3) is 0 Å². The zero-order chi connectivity index (χ0) is 9.46. The molecule has 0 bridgehead atoms. The molecule has 1 saturated carbocycles. The van der Waals surface area contributed by atoms with Crippen LogP contribution in [0.1, 0.15) is 0 Å². The zero-order valence-electron chi connectivity index (χ0n) is 6.99. The minimum Gasteiger partial charge on any atom is -0.412 e. The summed E-state index contributed by atoms with van der Waals surface area (Å²) in [6.45, 7) is 0. The van der Waals surface area contributed by atoms with E-state index >= 15 is 0 Å². The Kier molecular flexibility index (Phi) is 14.3. The molecule has 1 aliphatic carbocycles. The van der Waals surface area contributed by atoms with Gasteiger partial charge in [-0.15, -0.1) is 82.0 Å². The third-order valence-corrected chi connectivity index (χ3v) is 5.86. The quantitative estimate of drug-likeness (QED) is 0.441. The number of rotatable bonds is 0. The molecule has 0 unspecified atom stereocenters. The summed E-state index contributed by atoms with van der Waals surface area (Å²) in [7, 11) is 0. The summed E-state index contributed by atoms with van der Waals surface area (Å²) in [5.41, 5.74) is 0. The van der Waals surface area contributed by atoms with Crippen molar-refractivity contribution in [2.45, 2.75) is 32.3 Å². The van der Waals surface area contributed by atoms with Crippen molar-refractivity contribution < 1.29 is 22.5 Å². The molecule has 0 heterocycles. The van der Waals surface area contributed by atoms with Crippen molar-refractivity contribution in [2.24, 2.45) is 0 Å². The summed E-state index contributed by atoms with van der Waals surface area (Å²) in [5, 5.41) is -2.62. The third kappa shape index (κ3) is 4.95. The normalized spacial score (nSPS) is 44.4. The van der Waals surface area contributed by atoms with Crippen molar-refractivity contribution in [1.82, 2.24) is 0 Å². The first kappa shape index (κ1) is 22.7. The Hall–Kier alpha value is 2.51. The molecule has 2 N–H and O–H groups in total. The Labute approximate surface area is 136 Å². The van der Waals surface area contributed by atoms with Crippen molar-refractivity contribution in [3.05, 3.63) is 0 Å². The number of hydrogen-bond acceptors (Lipinski definition) is 0. The molecule has 0 saturated heterocycles. The van der Waals surface area contributed by atoms with Gasteiger partial charge >= 0.3 is 0 Å². The molecule has 0 aromatic carbocycles. The van der Waals surface area contributed by atoms with Gasteiger partial charge in [-0.1, -0.05) is 0 Å². The first-order valence-corrected chi connectivity index (χ1v) is 5.93. The predicted molar refractivity (Wildman–Crippen MR) is 68.7 cm³/mol. The monoisotopic (exact) mass is 398 g/mol. The van der Waals surface area contributed by atoms with Crippen LogP contribution in [-0.4, -0.2) is 37.7 Å². The van der Waals surface area contributed by atoms with Crippen LogP contribution in [0.4, 0.5) is 0 Å². The second-order valence-electron chi connectivity index (χ2n) is 2.67. The van der Waals surface area contributed by atoms with Gasteiger partial charge < -0.3 is 5.48 Å². The van der Waals surface area contributed by atoms with Crippen LogP contribution in [0.3, 0.4) is 0 Å². The van der Waals surface area contributed by atoms with E-state index in [1.165, 1.54) is 0 Å². The topological polar surface area (TPSA) is 31.5 Å². The summed E-state index contributed by atoms with van der Waals surface area (Å²) in [5.74, 6) is 0. The molecule has 9 heteroatoms. The van der Waals surface area contributed by atoms with Crippen LogP contribution < -0.4 is 0 Å². The zero-order valence-corrected chi connectivity index (χ0v) is 13.4. The Balaban J connectivity index is -0.000000480. The molecule has 1 aliphatic rings. The molecule has 0 spiro atoms. The van der Waals surface area contributed by atoms with Gasteiger partial charge in [-0.05, 0) is 0 Å². The van der Waals surface area contributed by atoms with E-state index in [0.717, 1.165) is 0 Å². The van der Waals surface area contributed by atoms with Gasteiger partial charge in [-0.3, -0.25) is 0 Å². The molecule has 0 radical (unpaired) electrons. The first-order valence-electron chi connectivity index (χ1n) is 3.31. The van der Waals surface area contributed by atoms with E-state index in [1.54, 1.807) is 0 Å². The fourth-order valence-electron chi connectivity index (χ4n) is 1.05. The average Bonchev–Trinajstić information content (AvgIpc) is 2.08. The maximum atomic E-state index is 5.88. The van der Waals surface area contributed by atoms with Gasteiger partial charge in [0.15, 0.2) is 0 Å². The number of halogens is 7. The summed E-state index contributed by atoms with van der Waals surface area (Å²) in [6.07, 6.45) is 0. The number of hydrogen-bond donors (Lipinski definition) is 0. The minimum atomic E-state index is -0.437. The van der Waals surface area contributed by atoms with E-state index in [1.807, 2.05) is 0 Å². The largest absolute Gasteiger partial charge is 0.412 e. The van der Waals surface area contributed by atoms with Crippen molar-refractivity contribution in [3.63, 3.8) is 0 Å². The molecule has 0 aromatic rings. The van der Waals surface area contributed by atoms with Gasteiger partial charge in [0, 0.05) is 17.1 Å². The summed E-state index contributed by atoms with van der Waals surface area (Å²) in [6, 6.07) is 0. The Bertz CT molecular complexity index is 115. The van der Waals surface area contributed by atoms with Crippen LogP contribution in [0.25, 0.3) is 0 Å². The fourth-order valence-corrected chi connectivity index (χ4v) is 3.38. The second kappa shape index (κ2) is 9.44. The molecule has 1 rings (SSSR count). The molecule has 1 fully saturated rings. The Morgan fingerprint density at radius 3 is 0.600 bits per heavy atom. The number of alkyl halides is 6. The third-order valence-electron chi connectivity index (χ3n) is 1.83. The molecule has 0 aliphatic heterocycles. The van der Waals surface area contributed by atoms with E-state index in [4.69, 9.17) is 69.6 Å². The molecule has 96 valence electrons. The van der Waals surface area contributed by atoms with E-state index < -0.39 is 32.3 Å². The van der Waals surface area contributed by atoms with Crippen molar-refractivity contribution in [2.75, 3.05) is 0 Å². The summed E-state index contributed by atoms with van der Waals surface area (Å²) in [4.78, 5) is 0. The van der Waals surface area contributed by atoms with Gasteiger partial charge in [-0.25, -0.2) is 0 Å². The maximum absolute atomic E-state index is 5.88. The van der Waals surface area contributed by atoms with E-state index in [0.29, 0.717) is 0 Å². The fraction of sp³-hybridized carbons (Fsp3) is 1.00. The smallest absolute Gasteiger partial charge is 0.0693 e. The average molecular weight is 401 g/mol. The van der Waals surface area contributed by atoms with E-state index in [9.17, 15) is 0 Å². The molecule has 0 amide bonds. The standard InChI is InChI=1S/C6H6Cl6.ClH.Fe.H2O/c7-1-2(8)4(10)6(12)5(11)3(1)9;;;/h1-6H;1H;;1H2. The van der Waals surface area contributed by atoms with Crippen LogP contribution >= 0.6 is 82.0 Å². The van der Waals surface area contributed by atoms with Crippen LogP contribution in [-0.2, 0) is 17.1 Å². The van der Waals surface area contributed by atoms with Crippen LogP contribution in [0.2, 0.25) is 0 Å². The first-order chi connectivity index (χ1) is 5.46. The predicted octanol–water partition coefficient (Wildman–Crippen LogP) is 3.24. The molecular formula is C6H9Cl7FeO. The second-order valence-corrected chi connectivity index (χ2v) is 5.69. The van der Waals surface area contributed by atoms with Crippen molar-refractivity contribution >= 4 is 82.0 Å². The summed E-state index contributed by atoms with van der Waals surface area (Å²) >= 11 is 35.3. The van der Waals surface area contributed by atoms with Crippen molar-refractivity contribution in [3.8, 4) is 0 Å². The molecule has 0 aromatic heterocycles. The van der Waals surface area contributed by atoms with Crippen LogP contribution in [0.15, 0.2) is 0 Å². The van der Waals surface area contributed by atoms with Gasteiger partial charge in [0.2, 0.25) is 0 Å². The van der Waals surface area contributed by atoms with Crippen molar-refractivity contribution in [1.29, 1.82) is 0 Å². The van der Waals surface area contributed by atoms with Crippen LogP contribution in [0, 0.1) is 0 Å².